The largest absolute Gasteiger partial charge is 0.337 e. The quantitative estimate of drug-likeness (QED) is 0.279. The summed E-state index contributed by atoms with van der Waals surface area (Å²) in [6.45, 7) is 0. The van der Waals surface area contributed by atoms with Crippen molar-refractivity contribution in [3.63, 3.8) is 0 Å². The highest BCUT2D eigenvalue weighted by Crippen LogP contribution is 2.25. The Balaban J connectivity index is 1.82. The molecule has 0 spiro atoms. The highest BCUT2D eigenvalue weighted by Gasteiger charge is 2.15. The summed E-state index contributed by atoms with van der Waals surface area (Å²) in [7, 11) is -3.70. The van der Waals surface area contributed by atoms with Crippen molar-refractivity contribution in [2.45, 2.75) is 11.1 Å². The maximum atomic E-state index is 12.6. The van der Waals surface area contributed by atoms with Crippen LogP contribution in [0.2, 0.25) is 10.0 Å². The van der Waals surface area contributed by atoms with Gasteiger partial charge in [-0.25, -0.2) is 8.42 Å². The maximum Gasteiger partial charge on any atom is 0.216 e. The van der Waals surface area contributed by atoms with E-state index >= 15 is 0 Å². The van der Waals surface area contributed by atoms with Crippen LogP contribution in [0.15, 0.2) is 88.8 Å². The standard InChI is InChI=1S/C21H17Cl2N3O2S2/c22-16-11-12-19(18(23)13-16)25-21(29)26-20(15-7-3-1-4-8-15)24-14-30(27,28)17-9-5-2-6-10-17/h1-14,20H,(H2,25,26,29)/t20-/m0/s1. The third kappa shape index (κ3) is 6.03. The van der Waals surface area contributed by atoms with E-state index in [1.165, 1.54) is 12.1 Å². The van der Waals surface area contributed by atoms with E-state index in [9.17, 15) is 8.42 Å². The third-order valence-electron chi connectivity index (χ3n) is 3.98. The lowest BCUT2D eigenvalue weighted by Crippen LogP contribution is -2.31. The van der Waals surface area contributed by atoms with Gasteiger partial charge in [-0.15, -0.1) is 0 Å². The van der Waals surface area contributed by atoms with Crippen LogP contribution in [0.1, 0.15) is 11.7 Å². The molecule has 0 saturated heterocycles. The molecule has 0 aromatic heterocycles. The molecular formula is C21H17Cl2N3O2S2. The highest BCUT2D eigenvalue weighted by molar-refractivity contribution is 8.04. The molecule has 0 bridgehead atoms. The SMILES string of the molecule is O=S(=O)(C=N[C@@H](NC(=S)Nc1ccc(Cl)cc1Cl)c1ccccc1)c1ccccc1. The Kier molecular flexibility index (Phi) is 7.44. The first kappa shape index (κ1) is 22.2. The highest BCUT2D eigenvalue weighted by atomic mass is 35.5. The van der Waals surface area contributed by atoms with Gasteiger partial charge in [0, 0.05) is 5.02 Å². The number of nitrogens with zero attached hydrogens (tertiary/aromatic N) is 1. The molecule has 0 unspecified atom stereocenters. The van der Waals surface area contributed by atoms with Gasteiger partial charge < -0.3 is 10.6 Å². The zero-order chi connectivity index (χ0) is 21.6. The van der Waals surface area contributed by atoms with Crippen LogP contribution in [-0.2, 0) is 9.84 Å². The average molecular weight is 478 g/mol. The molecule has 5 nitrogen and oxygen atoms in total. The van der Waals surface area contributed by atoms with Crippen LogP contribution in [0.25, 0.3) is 0 Å². The average Bonchev–Trinajstić information content (AvgIpc) is 2.74. The molecule has 0 radical (unpaired) electrons. The second kappa shape index (κ2) is 10.0. The number of aliphatic imine (C=N–C) groups is 1. The summed E-state index contributed by atoms with van der Waals surface area (Å²) in [6, 6.07) is 22.2. The lowest BCUT2D eigenvalue weighted by atomic mass is 10.2. The Morgan fingerprint density at radius 1 is 0.967 bits per heavy atom. The van der Waals surface area contributed by atoms with E-state index in [0.29, 0.717) is 15.7 Å². The van der Waals surface area contributed by atoms with Crippen molar-refractivity contribution in [2.24, 2.45) is 4.99 Å². The summed E-state index contributed by atoms with van der Waals surface area (Å²) in [5.74, 6) is 0. The van der Waals surface area contributed by atoms with Gasteiger partial charge in [0.05, 0.1) is 15.6 Å². The minimum Gasteiger partial charge on any atom is -0.337 e. The summed E-state index contributed by atoms with van der Waals surface area (Å²) in [4.78, 5) is 4.42. The summed E-state index contributed by atoms with van der Waals surface area (Å²) >= 11 is 17.5. The normalized spacial score (nSPS) is 12.5. The lowest BCUT2D eigenvalue weighted by molar-refractivity contribution is 0.607. The number of benzene rings is 3. The van der Waals surface area contributed by atoms with Gasteiger partial charge in [0.25, 0.3) is 0 Å². The number of nitrogens with one attached hydrogen (secondary N) is 2. The molecule has 9 heteroatoms. The molecule has 3 aromatic rings. The van der Waals surface area contributed by atoms with Crippen molar-refractivity contribution in [3.8, 4) is 0 Å². The van der Waals surface area contributed by atoms with Crippen LogP contribution in [0, 0.1) is 0 Å². The number of rotatable bonds is 6. The molecule has 1 atom stereocenters. The van der Waals surface area contributed by atoms with Crippen LogP contribution in [-0.4, -0.2) is 19.1 Å². The molecule has 0 saturated carbocycles. The van der Waals surface area contributed by atoms with E-state index < -0.39 is 16.0 Å². The first-order valence-corrected chi connectivity index (χ1v) is 11.5. The predicted octanol–water partition coefficient (Wildman–Crippen LogP) is 5.48. The van der Waals surface area contributed by atoms with Crippen molar-refractivity contribution in [1.29, 1.82) is 0 Å². The van der Waals surface area contributed by atoms with Gasteiger partial charge in [-0.05, 0) is 48.1 Å². The van der Waals surface area contributed by atoms with Gasteiger partial charge in [-0.1, -0.05) is 71.7 Å². The van der Waals surface area contributed by atoms with Crippen LogP contribution in [0.3, 0.4) is 0 Å². The smallest absolute Gasteiger partial charge is 0.216 e. The molecule has 0 fully saturated rings. The van der Waals surface area contributed by atoms with Gasteiger partial charge in [0.1, 0.15) is 11.7 Å². The summed E-state index contributed by atoms with van der Waals surface area (Å²) in [5, 5.41) is 7.11. The van der Waals surface area contributed by atoms with Crippen LogP contribution in [0.4, 0.5) is 5.69 Å². The molecule has 3 aromatic carbocycles. The maximum absolute atomic E-state index is 12.6. The van der Waals surface area contributed by atoms with E-state index in [-0.39, 0.29) is 10.0 Å². The number of sulfone groups is 1. The number of hydrogen-bond acceptors (Lipinski definition) is 4. The third-order valence-corrected chi connectivity index (χ3v) is 6.08. The topological polar surface area (TPSA) is 70.6 Å². The number of thiocarbonyl (C=S) groups is 1. The zero-order valence-electron chi connectivity index (χ0n) is 15.5. The van der Waals surface area contributed by atoms with E-state index in [0.717, 1.165) is 11.1 Å². The van der Waals surface area contributed by atoms with Gasteiger partial charge in [-0.3, -0.25) is 4.99 Å². The number of halogens is 2. The molecule has 3 rings (SSSR count). The van der Waals surface area contributed by atoms with Crippen LogP contribution >= 0.6 is 35.4 Å². The van der Waals surface area contributed by atoms with E-state index in [4.69, 9.17) is 35.4 Å². The Hall–Kier alpha value is -2.45. The zero-order valence-corrected chi connectivity index (χ0v) is 18.6. The van der Waals surface area contributed by atoms with Crippen molar-refractivity contribution >= 4 is 61.6 Å². The summed E-state index contributed by atoms with van der Waals surface area (Å²) in [6.07, 6.45) is -0.726. The lowest BCUT2D eigenvalue weighted by Gasteiger charge is -2.18. The molecular weight excluding hydrogens is 461 g/mol. The fourth-order valence-corrected chi connectivity index (χ4v) is 4.14. The fourth-order valence-electron chi connectivity index (χ4n) is 2.53. The predicted molar refractivity (Wildman–Crippen MR) is 127 cm³/mol. The van der Waals surface area contributed by atoms with Gasteiger partial charge in [-0.2, -0.15) is 0 Å². The second-order valence-electron chi connectivity index (χ2n) is 6.15. The second-order valence-corrected chi connectivity index (χ2v) is 9.17. The fraction of sp³-hybridized carbons (Fsp3) is 0.0476. The molecule has 154 valence electrons. The Bertz CT molecular complexity index is 1160. The van der Waals surface area contributed by atoms with E-state index in [2.05, 4.69) is 15.6 Å². The molecule has 0 aliphatic rings. The van der Waals surface area contributed by atoms with Crippen LogP contribution in [0.5, 0.6) is 0 Å². The van der Waals surface area contributed by atoms with Crippen molar-refractivity contribution in [1.82, 2.24) is 5.32 Å². The minimum atomic E-state index is -3.70. The van der Waals surface area contributed by atoms with Crippen molar-refractivity contribution in [2.75, 3.05) is 5.32 Å². The molecule has 0 heterocycles. The first-order chi connectivity index (χ1) is 14.3. The Labute approximate surface area is 190 Å². The summed E-state index contributed by atoms with van der Waals surface area (Å²) < 4.78 is 25.1. The van der Waals surface area contributed by atoms with Gasteiger partial charge in [0.2, 0.25) is 9.84 Å². The Morgan fingerprint density at radius 2 is 1.60 bits per heavy atom. The monoisotopic (exact) mass is 477 g/mol. The molecule has 0 aliphatic carbocycles. The number of hydrogen-bond donors (Lipinski definition) is 2. The van der Waals surface area contributed by atoms with Crippen molar-refractivity contribution < 1.29 is 8.42 Å². The first-order valence-electron chi connectivity index (χ1n) is 8.76. The van der Waals surface area contributed by atoms with Gasteiger partial charge >= 0.3 is 0 Å². The van der Waals surface area contributed by atoms with Crippen molar-refractivity contribution in [3.05, 3.63) is 94.5 Å². The van der Waals surface area contributed by atoms with Crippen LogP contribution < -0.4 is 10.6 Å². The summed E-state index contributed by atoms with van der Waals surface area (Å²) in [5.41, 5.74) is 2.24. The van der Waals surface area contributed by atoms with E-state index in [1.54, 1.807) is 36.4 Å². The minimum absolute atomic E-state index is 0.161. The Morgan fingerprint density at radius 3 is 2.23 bits per heavy atom. The molecule has 0 aliphatic heterocycles. The number of anilines is 1. The van der Waals surface area contributed by atoms with E-state index in [1.807, 2.05) is 30.3 Å². The van der Waals surface area contributed by atoms with Gasteiger partial charge in [0.15, 0.2) is 5.11 Å². The molecule has 30 heavy (non-hydrogen) atoms. The molecule has 0 amide bonds. The molecule has 2 N–H and O–H groups in total.